The van der Waals surface area contributed by atoms with Crippen LogP contribution in [-0.2, 0) is 6.54 Å². The smallest absolute Gasteiger partial charge is 0.212 e. The van der Waals surface area contributed by atoms with E-state index in [4.69, 9.17) is 17.0 Å². The first-order valence-electron chi connectivity index (χ1n) is 4.77. The second-order valence-electron chi connectivity index (χ2n) is 2.92. The highest BCUT2D eigenvalue weighted by atomic mass is 32.1. The van der Waals surface area contributed by atoms with E-state index in [-0.39, 0.29) is 0 Å². The summed E-state index contributed by atoms with van der Waals surface area (Å²) in [6.45, 7) is 3.50. The van der Waals surface area contributed by atoms with Crippen LogP contribution in [0.5, 0.6) is 5.88 Å². The van der Waals surface area contributed by atoms with Crippen LogP contribution in [0.15, 0.2) is 18.3 Å². The van der Waals surface area contributed by atoms with Crippen molar-refractivity contribution < 1.29 is 4.74 Å². The summed E-state index contributed by atoms with van der Waals surface area (Å²) in [5, 5.41) is 6.75. The van der Waals surface area contributed by atoms with Crippen LogP contribution < -0.4 is 15.4 Å². The van der Waals surface area contributed by atoms with Crippen molar-refractivity contribution in [3.8, 4) is 5.88 Å². The lowest BCUT2D eigenvalue weighted by Crippen LogP contribution is -2.34. The fraction of sp³-hybridized carbons (Fsp3) is 0.400. The highest BCUT2D eigenvalue weighted by Crippen LogP contribution is 2.05. The summed E-state index contributed by atoms with van der Waals surface area (Å²) in [4.78, 5) is 4.10. The Balaban J connectivity index is 2.40. The fourth-order valence-corrected chi connectivity index (χ4v) is 1.26. The van der Waals surface area contributed by atoms with Crippen molar-refractivity contribution in [2.75, 3.05) is 13.7 Å². The van der Waals surface area contributed by atoms with Crippen molar-refractivity contribution in [3.63, 3.8) is 0 Å². The second-order valence-corrected chi connectivity index (χ2v) is 3.33. The maximum atomic E-state index is 5.03. The number of thiocarbonyl (C=S) groups is 1. The van der Waals surface area contributed by atoms with Gasteiger partial charge in [0.25, 0.3) is 0 Å². The number of nitrogens with zero attached hydrogens (tertiary/aromatic N) is 1. The molecule has 0 amide bonds. The topological polar surface area (TPSA) is 46.2 Å². The third-order valence-corrected chi connectivity index (χ3v) is 2.09. The molecule has 0 unspecified atom stereocenters. The molecule has 1 aromatic heterocycles. The summed E-state index contributed by atoms with van der Waals surface area (Å²) in [6.07, 6.45) is 1.76. The van der Waals surface area contributed by atoms with Gasteiger partial charge >= 0.3 is 0 Å². The van der Waals surface area contributed by atoms with Gasteiger partial charge in [-0.25, -0.2) is 4.98 Å². The lowest BCUT2D eigenvalue weighted by Gasteiger charge is -2.08. The van der Waals surface area contributed by atoms with Crippen LogP contribution >= 0.6 is 12.2 Å². The second kappa shape index (κ2) is 6.19. The Labute approximate surface area is 95.0 Å². The van der Waals surface area contributed by atoms with E-state index >= 15 is 0 Å². The number of hydrogen-bond acceptors (Lipinski definition) is 3. The van der Waals surface area contributed by atoms with Crippen LogP contribution in [0.3, 0.4) is 0 Å². The van der Waals surface area contributed by atoms with Crippen molar-refractivity contribution in [3.05, 3.63) is 23.9 Å². The van der Waals surface area contributed by atoms with Gasteiger partial charge in [0.1, 0.15) is 0 Å². The van der Waals surface area contributed by atoms with Gasteiger partial charge in [-0.1, -0.05) is 6.07 Å². The summed E-state index contributed by atoms with van der Waals surface area (Å²) >= 11 is 5.03. The van der Waals surface area contributed by atoms with Gasteiger partial charge in [-0.3, -0.25) is 0 Å². The largest absolute Gasteiger partial charge is 0.481 e. The monoisotopic (exact) mass is 225 g/mol. The number of pyridine rings is 1. The zero-order valence-corrected chi connectivity index (χ0v) is 9.73. The minimum Gasteiger partial charge on any atom is -0.481 e. The van der Waals surface area contributed by atoms with Gasteiger partial charge in [0.15, 0.2) is 5.11 Å². The van der Waals surface area contributed by atoms with Crippen LogP contribution in [0.1, 0.15) is 12.5 Å². The van der Waals surface area contributed by atoms with Crippen LogP contribution in [0.4, 0.5) is 0 Å². The molecule has 82 valence electrons. The predicted octanol–water partition coefficient (Wildman–Crippen LogP) is 1.07. The summed E-state index contributed by atoms with van der Waals surface area (Å²) in [6, 6.07) is 3.78. The average molecular weight is 225 g/mol. The molecule has 0 saturated heterocycles. The van der Waals surface area contributed by atoms with E-state index in [2.05, 4.69) is 15.6 Å². The minimum absolute atomic E-state index is 0.619. The van der Waals surface area contributed by atoms with Gasteiger partial charge in [-0.15, -0.1) is 0 Å². The molecule has 0 aliphatic rings. The van der Waals surface area contributed by atoms with E-state index in [1.54, 1.807) is 13.3 Å². The highest BCUT2D eigenvalue weighted by molar-refractivity contribution is 7.80. The normalized spacial score (nSPS) is 9.47. The molecule has 1 aromatic rings. The van der Waals surface area contributed by atoms with E-state index in [1.165, 1.54) is 0 Å². The van der Waals surface area contributed by atoms with Gasteiger partial charge in [-0.05, 0) is 24.7 Å². The molecular formula is C10H15N3OS. The van der Waals surface area contributed by atoms with E-state index in [0.717, 1.165) is 12.1 Å². The Morgan fingerprint density at radius 2 is 2.27 bits per heavy atom. The highest BCUT2D eigenvalue weighted by Gasteiger charge is 1.96. The first-order valence-corrected chi connectivity index (χ1v) is 5.17. The summed E-state index contributed by atoms with van der Waals surface area (Å²) in [5.74, 6) is 0.619. The molecule has 2 N–H and O–H groups in total. The van der Waals surface area contributed by atoms with Gasteiger partial charge in [0.2, 0.25) is 5.88 Å². The maximum absolute atomic E-state index is 5.03. The zero-order chi connectivity index (χ0) is 11.1. The molecule has 1 heterocycles. The molecule has 0 aromatic carbocycles. The molecule has 0 aliphatic heterocycles. The van der Waals surface area contributed by atoms with E-state index < -0.39 is 0 Å². The van der Waals surface area contributed by atoms with Gasteiger partial charge < -0.3 is 15.4 Å². The predicted molar refractivity (Wildman–Crippen MR) is 63.9 cm³/mol. The molecule has 0 atom stereocenters. The number of rotatable bonds is 4. The van der Waals surface area contributed by atoms with Crippen molar-refractivity contribution >= 4 is 17.3 Å². The third-order valence-electron chi connectivity index (χ3n) is 1.80. The van der Waals surface area contributed by atoms with Crippen LogP contribution in [0.25, 0.3) is 0 Å². The molecule has 0 saturated carbocycles. The van der Waals surface area contributed by atoms with Crippen molar-refractivity contribution in [2.45, 2.75) is 13.5 Å². The average Bonchev–Trinajstić information content (AvgIpc) is 2.27. The first-order chi connectivity index (χ1) is 7.26. The molecule has 0 spiro atoms. The Morgan fingerprint density at radius 3 is 2.80 bits per heavy atom. The standard InChI is InChI=1S/C10H15N3OS/c1-3-11-10(15)13-7-8-4-5-9(14-2)12-6-8/h4-6H,3,7H2,1-2H3,(H2,11,13,15). The molecule has 0 radical (unpaired) electrons. The maximum Gasteiger partial charge on any atom is 0.212 e. The van der Waals surface area contributed by atoms with Crippen LogP contribution in [-0.4, -0.2) is 23.8 Å². The summed E-state index contributed by atoms with van der Waals surface area (Å²) in [5.41, 5.74) is 1.07. The van der Waals surface area contributed by atoms with Gasteiger partial charge in [0.05, 0.1) is 7.11 Å². The van der Waals surface area contributed by atoms with Gasteiger partial charge in [-0.2, -0.15) is 0 Å². The number of aromatic nitrogens is 1. The SMILES string of the molecule is CCNC(=S)NCc1ccc(OC)nc1. The molecule has 0 fully saturated rings. The van der Waals surface area contributed by atoms with Crippen molar-refractivity contribution in [1.82, 2.24) is 15.6 Å². The van der Waals surface area contributed by atoms with E-state index in [1.807, 2.05) is 19.1 Å². The molecular weight excluding hydrogens is 210 g/mol. The summed E-state index contributed by atoms with van der Waals surface area (Å²) < 4.78 is 4.96. The molecule has 0 bridgehead atoms. The number of ether oxygens (including phenoxy) is 1. The summed E-state index contributed by atoms with van der Waals surface area (Å²) in [7, 11) is 1.60. The van der Waals surface area contributed by atoms with Crippen LogP contribution in [0, 0.1) is 0 Å². The van der Waals surface area contributed by atoms with Crippen molar-refractivity contribution in [1.29, 1.82) is 0 Å². The number of nitrogens with one attached hydrogen (secondary N) is 2. The Hall–Kier alpha value is -1.36. The number of hydrogen-bond donors (Lipinski definition) is 2. The molecule has 5 heteroatoms. The van der Waals surface area contributed by atoms with E-state index in [9.17, 15) is 0 Å². The molecule has 15 heavy (non-hydrogen) atoms. The lowest BCUT2D eigenvalue weighted by atomic mass is 10.3. The lowest BCUT2D eigenvalue weighted by molar-refractivity contribution is 0.397. The third kappa shape index (κ3) is 4.12. The molecule has 1 rings (SSSR count). The van der Waals surface area contributed by atoms with Gasteiger partial charge in [0, 0.05) is 25.4 Å². The van der Waals surface area contributed by atoms with Crippen LogP contribution in [0.2, 0.25) is 0 Å². The van der Waals surface area contributed by atoms with E-state index in [0.29, 0.717) is 17.5 Å². The first kappa shape index (κ1) is 11.7. The Morgan fingerprint density at radius 1 is 1.47 bits per heavy atom. The quantitative estimate of drug-likeness (QED) is 0.751. The zero-order valence-electron chi connectivity index (χ0n) is 8.91. The Bertz CT molecular complexity index is 313. The minimum atomic E-state index is 0.619. The molecule has 4 nitrogen and oxygen atoms in total. The van der Waals surface area contributed by atoms with Crippen molar-refractivity contribution in [2.24, 2.45) is 0 Å². The molecule has 0 aliphatic carbocycles. The Kier molecular flexibility index (Phi) is 4.83. The number of methoxy groups -OCH3 is 1. The fourth-order valence-electron chi connectivity index (χ4n) is 1.04.